The zero-order chi connectivity index (χ0) is 17.8. The van der Waals surface area contributed by atoms with E-state index in [1.165, 1.54) is 0 Å². The zero-order valence-electron chi connectivity index (χ0n) is 14.8. The van der Waals surface area contributed by atoms with Gasteiger partial charge in [0.05, 0.1) is 26.4 Å². The summed E-state index contributed by atoms with van der Waals surface area (Å²) in [7, 11) is 1.61. The first-order valence-corrected chi connectivity index (χ1v) is 8.38. The fourth-order valence-corrected chi connectivity index (χ4v) is 2.87. The number of ether oxygens (including phenoxy) is 3. The first-order valence-electron chi connectivity index (χ1n) is 8.38. The van der Waals surface area contributed by atoms with Gasteiger partial charge in [-0.2, -0.15) is 0 Å². The van der Waals surface area contributed by atoms with Gasteiger partial charge in [0.25, 0.3) is 5.91 Å². The molecule has 132 valence electrons. The highest BCUT2D eigenvalue weighted by Gasteiger charge is 2.19. The van der Waals surface area contributed by atoms with Gasteiger partial charge in [-0.15, -0.1) is 0 Å². The van der Waals surface area contributed by atoms with Gasteiger partial charge < -0.3 is 19.5 Å². The summed E-state index contributed by atoms with van der Waals surface area (Å²) in [4.78, 5) is 12.5. The van der Waals surface area contributed by atoms with Gasteiger partial charge in [-0.05, 0) is 48.7 Å². The van der Waals surface area contributed by atoms with Crippen LogP contribution in [0.5, 0.6) is 11.5 Å². The minimum Gasteiger partial charge on any atom is -0.493 e. The highest BCUT2D eigenvalue weighted by molar-refractivity contribution is 5.96. The van der Waals surface area contributed by atoms with E-state index < -0.39 is 0 Å². The summed E-state index contributed by atoms with van der Waals surface area (Å²) < 4.78 is 16.5. The SMILES string of the molecule is COc1cc(CNC(=O)c2cccc3c2COC3)ccc1OC(C)C. The summed E-state index contributed by atoms with van der Waals surface area (Å²) in [5.74, 6) is 1.27. The number of nitrogens with one attached hydrogen (secondary N) is 1. The fraction of sp³-hybridized carbons (Fsp3) is 0.350. The molecule has 3 rings (SSSR count). The lowest BCUT2D eigenvalue weighted by molar-refractivity contribution is 0.0945. The molecule has 2 aromatic carbocycles. The Balaban J connectivity index is 1.69. The third kappa shape index (κ3) is 3.94. The molecule has 0 spiro atoms. The van der Waals surface area contributed by atoms with E-state index in [1.54, 1.807) is 7.11 Å². The number of carbonyl (C=O) groups excluding carboxylic acids is 1. The third-order valence-electron chi connectivity index (χ3n) is 4.07. The van der Waals surface area contributed by atoms with Crippen molar-refractivity contribution >= 4 is 5.91 Å². The van der Waals surface area contributed by atoms with Crippen LogP contribution in [0.15, 0.2) is 36.4 Å². The number of hydrogen-bond donors (Lipinski definition) is 1. The molecule has 0 saturated carbocycles. The molecule has 0 unspecified atom stereocenters. The molecule has 1 aliphatic heterocycles. The Morgan fingerprint density at radius 1 is 1.20 bits per heavy atom. The molecule has 1 heterocycles. The molecule has 5 nitrogen and oxygen atoms in total. The second kappa shape index (κ2) is 7.57. The summed E-state index contributed by atoms with van der Waals surface area (Å²) in [5.41, 5.74) is 3.70. The Morgan fingerprint density at radius 2 is 2.04 bits per heavy atom. The maximum Gasteiger partial charge on any atom is 0.251 e. The van der Waals surface area contributed by atoms with Crippen LogP contribution in [0.2, 0.25) is 0 Å². The van der Waals surface area contributed by atoms with Crippen LogP contribution in [-0.4, -0.2) is 19.1 Å². The maximum absolute atomic E-state index is 12.5. The van der Waals surface area contributed by atoms with Crippen molar-refractivity contribution in [3.8, 4) is 11.5 Å². The van der Waals surface area contributed by atoms with E-state index in [9.17, 15) is 4.79 Å². The molecule has 0 aromatic heterocycles. The normalized spacial score (nSPS) is 12.8. The number of methoxy groups -OCH3 is 1. The number of rotatable bonds is 6. The summed E-state index contributed by atoms with van der Waals surface area (Å²) in [6, 6.07) is 11.4. The summed E-state index contributed by atoms with van der Waals surface area (Å²) in [5, 5.41) is 2.97. The average Bonchev–Trinajstić information content (AvgIpc) is 3.08. The molecule has 1 N–H and O–H groups in total. The molecule has 1 aliphatic rings. The highest BCUT2D eigenvalue weighted by Crippen LogP contribution is 2.29. The summed E-state index contributed by atoms with van der Waals surface area (Å²) in [6.07, 6.45) is 0.0712. The van der Waals surface area contributed by atoms with E-state index in [-0.39, 0.29) is 12.0 Å². The van der Waals surface area contributed by atoms with Crippen LogP contribution in [0.1, 0.15) is 40.9 Å². The molecule has 0 saturated heterocycles. The lowest BCUT2D eigenvalue weighted by atomic mass is 10.0. The number of fused-ring (bicyclic) bond motifs is 1. The van der Waals surface area contributed by atoms with Gasteiger partial charge in [0.1, 0.15) is 0 Å². The minimum absolute atomic E-state index is 0.0712. The minimum atomic E-state index is -0.0937. The van der Waals surface area contributed by atoms with Crippen LogP contribution in [0.3, 0.4) is 0 Å². The smallest absolute Gasteiger partial charge is 0.251 e. The van der Waals surface area contributed by atoms with Crippen molar-refractivity contribution in [2.75, 3.05) is 7.11 Å². The van der Waals surface area contributed by atoms with Gasteiger partial charge in [0.2, 0.25) is 0 Å². The lowest BCUT2D eigenvalue weighted by Gasteiger charge is -2.15. The first-order chi connectivity index (χ1) is 12.1. The van der Waals surface area contributed by atoms with Crippen LogP contribution >= 0.6 is 0 Å². The van der Waals surface area contributed by atoms with Crippen molar-refractivity contribution in [3.05, 3.63) is 58.7 Å². The van der Waals surface area contributed by atoms with E-state index in [4.69, 9.17) is 14.2 Å². The van der Waals surface area contributed by atoms with E-state index in [0.717, 1.165) is 16.7 Å². The van der Waals surface area contributed by atoms with Gasteiger partial charge >= 0.3 is 0 Å². The molecule has 5 heteroatoms. The van der Waals surface area contributed by atoms with Crippen LogP contribution in [-0.2, 0) is 24.5 Å². The van der Waals surface area contributed by atoms with Crippen molar-refractivity contribution in [3.63, 3.8) is 0 Å². The zero-order valence-corrected chi connectivity index (χ0v) is 14.8. The molecule has 0 radical (unpaired) electrons. The molecule has 0 atom stereocenters. The average molecular weight is 341 g/mol. The Labute approximate surface area is 147 Å². The topological polar surface area (TPSA) is 56.8 Å². The van der Waals surface area contributed by atoms with E-state index in [1.807, 2.05) is 50.2 Å². The monoisotopic (exact) mass is 341 g/mol. The van der Waals surface area contributed by atoms with Crippen LogP contribution in [0.25, 0.3) is 0 Å². The van der Waals surface area contributed by atoms with Crippen LogP contribution in [0, 0.1) is 0 Å². The number of hydrogen-bond acceptors (Lipinski definition) is 4. The first kappa shape index (κ1) is 17.3. The van der Waals surface area contributed by atoms with Crippen molar-refractivity contribution in [1.82, 2.24) is 5.32 Å². The van der Waals surface area contributed by atoms with Crippen molar-refractivity contribution < 1.29 is 19.0 Å². The molecule has 25 heavy (non-hydrogen) atoms. The third-order valence-corrected chi connectivity index (χ3v) is 4.07. The largest absolute Gasteiger partial charge is 0.493 e. The Bertz CT molecular complexity index is 770. The lowest BCUT2D eigenvalue weighted by Crippen LogP contribution is -2.24. The van der Waals surface area contributed by atoms with E-state index in [0.29, 0.717) is 36.8 Å². The standard InChI is InChI=1S/C20H23NO4/c1-13(2)25-18-8-7-14(9-19(18)23-3)10-21-20(22)16-6-4-5-15-11-24-12-17(15)16/h4-9,13H,10-12H2,1-3H3,(H,21,22). The molecular formula is C20H23NO4. The predicted molar refractivity (Wildman–Crippen MR) is 94.9 cm³/mol. The van der Waals surface area contributed by atoms with Gasteiger partial charge in [0.15, 0.2) is 11.5 Å². The molecular weight excluding hydrogens is 318 g/mol. The fourth-order valence-electron chi connectivity index (χ4n) is 2.87. The number of benzene rings is 2. The van der Waals surface area contributed by atoms with Crippen LogP contribution < -0.4 is 14.8 Å². The van der Waals surface area contributed by atoms with Gasteiger partial charge in [-0.25, -0.2) is 0 Å². The summed E-state index contributed by atoms with van der Waals surface area (Å²) in [6.45, 7) is 5.42. The molecule has 0 fully saturated rings. The highest BCUT2D eigenvalue weighted by atomic mass is 16.5. The van der Waals surface area contributed by atoms with Gasteiger partial charge in [0, 0.05) is 12.1 Å². The second-order valence-corrected chi connectivity index (χ2v) is 6.27. The van der Waals surface area contributed by atoms with E-state index in [2.05, 4.69) is 5.32 Å². The Hall–Kier alpha value is -2.53. The van der Waals surface area contributed by atoms with Crippen molar-refractivity contribution in [2.45, 2.75) is 39.7 Å². The Kier molecular flexibility index (Phi) is 5.24. The Morgan fingerprint density at radius 3 is 2.80 bits per heavy atom. The second-order valence-electron chi connectivity index (χ2n) is 6.27. The molecule has 0 aliphatic carbocycles. The summed E-state index contributed by atoms with van der Waals surface area (Å²) >= 11 is 0. The molecule has 1 amide bonds. The van der Waals surface area contributed by atoms with Gasteiger partial charge in [-0.1, -0.05) is 18.2 Å². The predicted octanol–water partition coefficient (Wildman–Crippen LogP) is 3.44. The van der Waals surface area contributed by atoms with Crippen molar-refractivity contribution in [2.24, 2.45) is 0 Å². The van der Waals surface area contributed by atoms with Gasteiger partial charge in [-0.3, -0.25) is 4.79 Å². The number of amides is 1. The maximum atomic E-state index is 12.5. The van der Waals surface area contributed by atoms with E-state index >= 15 is 0 Å². The van der Waals surface area contributed by atoms with Crippen LogP contribution in [0.4, 0.5) is 0 Å². The molecule has 2 aromatic rings. The van der Waals surface area contributed by atoms with Crippen molar-refractivity contribution in [1.29, 1.82) is 0 Å². The molecule has 0 bridgehead atoms. The quantitative estimate of drug-likeness (QED) is 0.874. The number of carbonyl (C=O) groups is 1.